The van der Waals surface area contributed by atoms with Crippen molar-refractivity contribution in [1.82, 2.24) is 15.0 Å². The lowest BCUT2D eigenvalue weighted by Gasteiger charge is -2.24. The number of benzene rings is 2. The minimum absolute atomic E-state index is 0.0783. The van der Waals surface area contributed by atoms with Crippen molar-refractivity contribution >= 4 is 11.7 Å². The van der Waals surface area contributed by atoms with Crippen LogP contribution in [0.1, 0.15) is 18.7 Å². The molecule has 0 radical (unpaired) electrons. The van der Waals surface area contributed by atoms with Crippen LogP contribution in [-0.4, -0.2) is 33.7 Å². The molecular weight excluding hydrogens is 328 g/mol. The van der Waals surface area contributed by atoms with Gasteiger partial charge in [0.05, 0.1) is 0 Å². The smallest absolute Gasteiger partial charge is 0.322 e. The molecule has 1 N–H and O–H groups in total. The van der Waals surface area contributed by atoms with Crippen molar-refractivity contribution in [3.8, 4) is 11.5 Å². The van der Waals surface area contributed by atoms with Crippen molar-refractivity contribution in [2.24, 2.45) is 0 Å². The molecule has 2 aromatic carbocycles. The molecule has 132 valence electrons. The highest BCUT2D eigenvalue weighted by Crippen LogP contribution is 2.23. The van der Waals surface area contributed by atoms with Crippen molar-refractivity contribution in [1.29, 1.82) is 0 Å². The number of carbonyl (C=O) groups excluding carboxylic acids is 1. The van der Waals surface area contributed by atoms with Crippen molar-refractivity contribution in [3.05, 3.63) is 66.5 Å². The summed E-state index contributed by atoms with van der Waals surface area (Å²) in [6, 6.07) is 19.2. The van der Waals surface area contributed by atoms with Crippen LogP contribution in [-0.2, 0) is 6.42 Å². The molecule has 1 unspecified atom stereocenters. The highest BCUT2D eigenvalue weighted by atomic mass is 16.5. The topological polar surface area (TPSA) is 71.3 Å². The first-order chi connectivity index (χ1) is 12.8. The third-order valence-electron chi connectivity index (χ3n) is 4.57. The maximum absolute atomic E-state index is 12.6. The summed E-state index contributed by atoms with van der Waals surface area (Å²) < 4.78 is 5.37. The van der Waals surface area contributed by atoms with E-state index in [9.17, 15) is 4.79 Å². The van der Waals surface area contributed by atoms with Crippen LogP contribution >= 0.6 is 0 Å². The molecule has 0 aliphatic carbocycles. The zero-order chi connectivity index (χ0) is 17.8. The summed E-state index contributed by atoms with van der Waals surface area (Å²) in [4.78, 5) is 18.9. The van der Waals surface area contributed by atoms with E-state index in [1.54, 1.807) is 0 Å². The van der Waals surface area contributed by atoms with E-state index >= 15 is 0 Å². The molecule has 1 saturated heterocycles. The number of likely N-dealkylation sites (tertiary alicyclic amines) is 1. The van der Waals surface area contributed by atoms with Gasteiger partial charge in [0, 0.05) is 30.3 Å². The Morgan fingerprint density at radius 2 is 1.85 bits per heavy atom. The van der Waals surface area contributed by atoms with E-state index in [2.05, 4.69) is 15.5 Å². The zero-order valence-corrected chi connectivity index (χ0v) is 14.3. The van der Waals surface area contributed by atoms with E-state index in [1.807, 2.05) is 65.6 Å². The fourth-order valence-electron chi connectivity index (χ4n) is 3.28. The Balaban J connectivity index is 1.43. The third kappa shape index (κ3) is 3.59. The lowest BCUT2D eigenvalue weighted by Crippen LogP contribution is -2.39. The van der Waals surface area contributed by atoms with Crippen LogP contribution in [0.5, 0.6) is 0 Å². The summed E-state index contributed by atoms with van der Waals surface area (Å²) in [5.74, 6) is 1.15. The second-order valence-corrected chi connectivity index (χ2v) is 6.37. The van der Waals surface area contributed by atoms with Gasteiger partial charge < -0.3 is 14.7 Å². The SMILES string of the molecule is O=C(Nc1ccccc1)N1CCCC1Cc1noc(-c2ccccc2)n1. The van der Waals surface area contributed by atoms with Crippen LogP contribution in [0, 0.1) is 0 Å². The number of nitrogens with zero attached hydrogens (tertiary/aromatic N) is 3. The monoisotopic (exact) mass is 348 g/mol. The summed E-state index contributed by atoms with van der Waals surface area (Å²) in [7, 11) is 0. The van der Waals surface area contributed by atoms with E-state index in [1.165, 1.54) is 0 Å². The van der Waals surface area contributed by atoms with Crippen molar-refractivity contribution < 1.29 is 9.32 Å². The molecule has 6 heteroatoms. The molecule has 1 aliphatic rings. The molecule has 1 aliphatic heterocycles. The molecule has 26 heavy (non-hydrogen) atoms. The number of hydrogen-bond donors (Lipinski definition) is 1. The number of aromatic nitrogens is 2. The number of carbonyl (C=O) groups is 1. The van der Waals surface area contributed by atoms with E-state index in [-0.39, 0.29) is 12.1 Å². The number of urea groups is 1. The van der Waals surface area contributed by atoms with Crippen LogP contribution in [0.15, 0.2) is 65.2 Å². The van der Waals surface area contributed by atoms with Gasteiger partial charge in [0.2, 0.25) is 0 Å². The number of anilines is 1. The first-order valence-corrected chi connectivity index (χ1v) is 8.80. The fourth-order valence-corrected chi connectivity index (χ4v) is 3.28. The molecule has 1 fully saturated rings. The average Bonchev–Trinajstić information content (AvgIpc) is 3.33. The molecule has 0 bridgehead atoms. The Morgan fingerprint density at radius 3 is 2.62 bits per heavy atom. The molecule has 1 atom stereocenters. The van der Waals surface area contributed by atoms with Gasteiger partial charge >= 0.3 is 6.03 Å². The lowest BCUT2D eigenvalue weighted by atomic mass is 10.1. The Morgan fingerprint density at radius 1 is 1.12 bits per heavy atom. The number of hydrogen-bond acceptors (Lipinski definition) is 4. The molecule has 4 rings (SSSR count). The highest BCUT2D eigenvalue weighted by molar-refractivity contribution is 5.89. The van der Waals surface area contributed by atoms with Crippen LogP contribution in [0.3, 0.4) is 0 Å². The van der Waals surface area contributed by atoms with Crippen molar-refractivity contribution in [2.45, 2.75) is 25.3 Å². The maximum Gasteiger partial charge on any atom is 0.322 e. The molecule has 3 aromatic rings. The van der Waals surface area contributed by atoms with Crippen LogP contribution in [0.4, 0.5) is 10.5 Å². The van der Waals surface area contributed by atoms with Crippen LogP contribution in [0.2, 0.25) is 0 Å². The quantitative estimate of drug-likeness (QED) is 0.774. The zero-order valence-electron chi connectivity index (χ0n) is 14.3. The van der Waals surface area contributed by atoms with Crippen LogP contribution < -0.4 is 5.32 Å². The predicted octanol–water partition coefficient (Wildman–Crippen LogP) is 3.98. The average molecular weight is 348 g/mol. The van der Waals surface area contributed by atoms with Gasteiger partial charge in [-0.3, -0.25) is 0 Å². The molecule has 6 nitrogen and oxygen atoms in total. The molecule has 2 heterocycles. The number of para-hydroxylation sites is 1. The van der Waals surface area contributed by atoms with Crippen molar-refractivity contribution in [3.63, 3.8) is 0 Å². The fraction of sp³-hybridized carbons (Fsp3) is 0.250. The van der Waals surface area contributed by atoms with Gasteiger partial charge in [-0.25, -0.2) is 4.79 Å². The standard InChI is InChI=1S/C20H20N4O2/c25-20(21-16-10-5-2-6-11-16)24-13-7-12-17(24)14-18-22-19(26-23-18)15-8-3-1-4-9-15/h1-6,8-11,17H,7,12-14H2,(H,21,25). The number of nitrogens with one attached hydrogen (secondary N) is 1. The molecule has 2 amide bonds. The number of rotatable bonds is 4. The molecule has 1 aromatic heterocycles. The minimum atomic E-state index is -0.0783. The minimum Gasteiger partial charge on any atom is -0.334 e. The Bertz CT molecular complexity index is 864. The molecule has 0 spiro atoms. The Labute approximate surface area is 151 Å². The first-order valence-electron chi connectivity index (χ1n) is 8.80. The van der Waals surface area contributed by atoms with Gasteiger partial charge in [-0.1, -0.05) is 41.6 Å². The van der Waals surface area contributed by atoms with Gasteiger partial charge in [0.1, 0.15) is 0 Å². The van der Waals surface area contributed by atoms with Gasteiger partial charge in [-0.15, -0.1) is 0 Å². The summed E-state index contributed by atoms with van der Waals surface area (Å²) in [6.45, 7) is 0.743. The predicted molar refractivity (Wildman–Crippen MR) is 98.6 cm³/mol. The van der Waals surface area contributed by atoms with E-state index in [0.717, 1.165) is 30.6 Å². The molecular formula is C20H20N4O2. The lowest BCUT2D eigenvalue weighted by molar-refractivity contribution is 0.205. The normalized spacial score (nSPS) is 16.6. The Kier molecular flexibility index (Phi) is 4.64. The molecule has 0 saturated carbocycles. The van der Waals surface area contributed by atoms with Gasteiger partial charge in [-0.05, 0) is 37.1 Å². The summed E-state index contributed by atoms with van der Waals surface area (Å²) in [5, 5.41) is 7.04. The second kappa shape index (κ2) is 7.39. The maximum atomic E-state index is 12.6. The van der Waals surface area contributed by atoms with E-state index < -0.39 is 0 Å². The van der Waals surface area contributed by atoms with Crippen LogP contribution in [0.25, 0.3) is 11.5 Å². The number of amides is 2. The summed E-state index contributed by atoms with van der Waals surface area (Å²) >= 11 is 0. The second-order valence-electron chi connectivity index (χ2n) is 6.37. The largest absolute Gasteiger partial charge is 0.334 e. The van der Waals surface area contributed by atoms with E-state index in [0.29, 0.717) is 18.1 Å². The van der Waals surface area contributed by atoms with Gasteiger partial charge in [-0.2, -0.15) is 4.98 Å². The first kappa shape index (κ1) is 16.3. The summed E-state index contributed by atoms with van der Waals surface area (Å²) in [6.07, 6.45) is 2.52. The van der Waals surface area contributed by atoms with Gasteiger partial charge in [0.25, 0.3) is 5.89 Å². The summed E-state index contributed by atoms with van der Waals surface area (Å²) in [5.41, 5.74) is 1.70. The highest BCUT2D eigenvalue weighted by Gasteiger charge is 2.30. The Hall–Kier alpha value is -3.15. The van der Waals surface area contributed by atoms with E-state index in [4.69, 9.17) is 4.52 Å². The third-order valence-corrected chi connectivity index (χ3v) is 4.57. The van der Waals surface area contributed by atoms with Gasteiger partial charge in [0.15, 0.2) is 5.82 Å². The van der Waals surface area contributed by atoms with Crippen molar-refractivity contribution in [2.75, 3.05) is 11.9 Å².